The Balaban J connectivity index is 1.50. The Hall–Kier alpha value is -3.01. The summed E-state index contributed by atoms with van der Waals surface area (Å²) in [7, 11) is 1.69. The molecule has 1 amide bonds. The molecule has 4 nitrogen and oxygen atoms in total. The Labute approximate surface area is 159 Å². The Morgan fingerprint density at radius 2 is 2.07 bits per heavy atom. The number of amides is 1. The standard InChI is InChI=1S/C23H24N2O2/c1-16-5-3-4-6-18(16)13-23(26)25-11-9-17(10-12-25)21-15-24-22-8-7-19(27-2)14-20(21)22/h3-9,14-15,24H,10-13H2,1-2H3. The molecule has 4 heteroatoms. The van der Waals surface area contributed by atoms with Crippen LogP contribution in [0, 0.1) is 6.92 Å². The number of rotatable bonds is 4. The number of nitrogens with zero attached hydrogens (tertiary/aromatic N) is 1. The number of ether oxygens (including phenoxy) is 1. The molecule has 0 unspecified atom stereocenters. The Bertz CT molecular complexity index is 1020. The number of methoxy groups -OCH3 is 1. The number of H-pyrrole nitrogens is 1. The van der Waals surface area contributed by atoms with Gasteiger partial charge < -0.3 is 14.6 Å². The SMILES string of the molecule is COc1ccc2[nH]cc(C3=CCN(C(=O)Cc4ccccc4C)CC3)c2c1. The van der Waals surface area contributed by atoms with E-state index in [9.17, 15) is 4.79 Å². The van der Waals surface area contributed by atoms with Crippen molar-refractivity contribution >= 4 is 22.4 Å². The van der Waals surface area contributed by atoms with Gasteiger partial charge >= 0.3 is 0 Å². The van der Waals surface area contributed by atoms with Gasteiger partial charge in [-0.15, -0.1) is 0 Å². The first kappa shape index (κ1) is 17.4. The highest BCUT2D eigenvalue weighted by Gasteiger charge is 2.20. The number of nitrogens with one attached hydrogen (secondary N) is 1. The third-order valence-corrected chi connectivity index (χ3v) is 5.40. The van der Waals surface area contributed by atoms with Crippen molar-refractivity contribution in [3.05, 3.63) is 71.4 Å². The molecule has 0 atom stereocenters. The van der Waals surface area contributed by atoms with Crippen LogP contribution in [-0.2, 0) is 11.2 Å². The van der Waals surface area contributed by atoms with Crippen molar-refractivity contribution in [3.8, 4) is 5.75 Å². The van der Waals surface area contributed by atoms with E-state index in [4.69, 9.17) is 4.74 Å². The lowest BCUT2D eigenvalue weighted by atomic mass is 9.98. The van der Waals surface area contributed by atoms with Gasteiger partial charge in [0.05, 0.1) is 13.5 Å². The molecule has 1 aliphatic rings. The van der Waals surface area contributed by atoms with E-state index in [1.165, 1.54) is 22.1 Å². The number of carbonyl (C=O) groups excluding carboxylic acids is 1. The second-order valence-corrected chi connectivity index (χ2v) is 7.04. The highest BCUT2D eigenvalue weighted by atomic mass is 16.5. The van der Waals surface area contributed by atoms with E-state index in [2.05, 4.69) is 36.3 Å². The Morgan fingerprint density at radius 3 is 2.81 bits per heavy atom. The van der Waals surface area contributed by atoms with Crippen LogP contribution in [0.2, 0.25) is 0 Å². The van der Waals surface area contributed by atoms with Gasteiger partial charge in [0.15, 0.2) is 0 Å². The fraction of sp³-hybridized carbons (Fsp3) is 0.261. The summed E-state index contributed by atoms with van der Waals surface area (Å²) in [6.07, 6.45) is 5.58. The minimum absolute atomic E-state index is 0.195. The van der Waals surface area contributed by atoms with E-state index in [-0.39, 0.29) is 5.91 Å². The maximum absolute atomic E-state index is 12.7. The predicted molar refractivity (Wildman–Crippen MR) is 109 cm³/mol. The van der Waals surface area contributed by atoms with Crippen LogP contribution in [0.15, 0.2) is 54.7 Å². The molecule has 2 aromatic carbocycles. The zero-order valence-corrected chi connectivity index (χ0v) is 15.8. The minimum atomic E-state index is 0.195. The quantitative estimate of drug-likeness (QED) is 0.752. The zero-order chi connectivity index (χ0) is 18.8. The fourth-order valence-corrected chi connectivity index (χ4v) is 3.72. The van der Waals surface area contributed by atoms with Gasteiger partial charge in [-0.1, -0.05) is 30.3 Å². The first-order valence-electron chi connectivity index (χ1n) is 9.32. The number of aromatic nitrogens is 1. The first-order valence-corrected chi connectivity index (χ1v) is 9.32. The summed E-state index contributed by atoms with van der Waals surface area (Å²) in [4.78, 5) is 18.0. The Kier molecular flexibility index (Phi) is 4.71. The number of hydrogen-bond donors (Lipinski definition) is 1. The van der Waals surface area contributed by atoms with Gasteiger partial charge in [0.1, 0.15) is 5.75 Å². The van der Waals surface area contributed by atoms with Crippen molar-refractivity contribution in [2.75, 3.05) is 20.2 Å². The van der Waals surface area contributed by atoms with Crippen LogP contribution in [0.4, 0.5) is 0 Å². The molecule has 0 bridgehead atoms. The molecular weight excluding hydrogens is 336 g/mol. The van der Waals surface area contributed by atoms with Crippen LogP contribution < -0.4 is 4.74 Å². The normalized spacial score (nSPS) is 14.3. The number of aryl methyl sites for hydroxylation is 1. The molecule has 1 aromatic heterocycles. The van der Waals surface area contributed by atoms with Gasteiger partial charge in [-0.2, -0.15) is 0 Å². The van der Waals surface area contributed by atoms with E-state index in [0.717, 1.165) is 29.8 Å². The van der Waals surface area contributed by atoms with Gasteiger partial charge in [-0.3, -0.25) is 4.79 Å². The second kappa shape index (κ2) is 7.31. The molecule has 138 valence electrons. The number of carbonyl (C=O) groups is 1. The first-order chi connectivity index (χ1) is 13.2. The predicted octanol–water partition coefficient (Wildman–Crippen LogP) is 4.34. The summed E-state index contributed by atoms with van der Waals surface area (Å²) in [6.45, 7) is 3.48. The van der Waals surface area contributed by atoms with Crippen LogP contribution in [0.25, 0.3) is 16.5 Å². The third kappa shape index (κ3) is 3.47. The van der Waals surface area contributed by atoms with E-state index in [0.29, 0.717) is 13.0 Å². The topological polar surface area (TPSA) is 45.3 Å². The number of benzene rings is 2. The van der Waals surface area contributed by atoms with Crippen molar-refractivity contribution < 1.29 is 9.53 Å². The minimum Gasteiger partial charge on any atom is -0.497 e. The Morgan fingerprint density at radius 1 is 1.22 bits per heavy atom. The third-order valence-electron chi connectivity index (χ3n) is 5.40. The van der Waals surface area contributed by atoms with Crippen LogP contribution >= 0.6 is 0 Å². The average molecular weight is 360 g/mol. The molecule has 1 N–H and O–H groups in total. The van der Waals surface area contributed by atoms with Gasteiger partial charge in [-0.05, 0) is 48.2 Å². The number of aromatic amines is 1. The summed E-state index contributed by atoms with van der Waals surface area (Å²) < 4.78 is 5.36. The van der Waals surface area contributed by atoms with Gasteiger partial charge in [0, 0.05) is 35.8 Å². The molecule has 0 spiro atoms. The summed E-state index contributed by atoms with van der Waals surface area (Å²) in [5.41, 5.74) is 5.88. The molecule has 1 aliphatic heterocycles. The summed E-state index contributed by atoms with van der Waals surface area (Å²) in [6, 6.07) is 14.2. The van der Waals surface area contributed by atoms with Crippen LogP contribution in [0.5, 0.6) is 5.75 Å². The molecule has 0 radical (unpaired) electrons. The van der Waals surface area contributed by atoms with E-state index in [1.54, 1.807) is 7.11 Å². The molecular formula is C23H24N2O2. The number of hydrogen-bond acceptors (Lipinski definition) is 2. The zero-order valence-electron chi connectivity index (χ0n) is 15.8. The maximum Gasteiger partial charge on any atom is 0.227 e. The van der Waals surface area contributed by atoms with E-state index in [1.807, 2.05) is 35.2 Å². The van der Waals surface area contributed by atoms with Gasteiger partial charge in [0.25, 0.3) is 0 Å². The molecule has 0 aliphatic carbocycles. The van der Waals surface area contributed by atoms with E-state index < -0.39 is 0 Å². The maximum atomic E-state index is 12.7. The summed E-state index contributed by atoms with van der Waals surface area (Å²) in [5, 5.41) is 1.17. The van der Waals surface area contributed by atoms with Crippen molar-refractivity contribution in [3.63, 3.8) is 0 Å². The lowest BCUT2D eigenvalue weighted by Crippen LogP contribution is -2.35. The summed E-state index contributed by atoms with van der Waals surface area (Å²) >= 11 is 0. The van der Waals surface area contributed by atoms with E-state index >= 15 is 0 Å². The molecule has 3 aromatic rings. The van der Waals surface area contributed by atoms with Crippen LogP contribution in [0.1, 0.15) is 23.1 Å². The van der Waals surface area contributed by atoms with Crippen molar-refractivity contribution in [1.82, 2.24) is 9.88 Å². The van der Waals surface area contributed by atoms with Crippen molar-refractivity contribution in [1.29, 1.82) is 0 Å². The fourth-order valence-electron chi connectivity index (χ4n) is 3.72. The highest BCUT2D eigenvalue weighted by molar-refractivity contribution is 5.94. The van der Waals surface area contributed by atoms with Gasteiger partial charge in [-0.25, -0.2) is 0 Å². The second-order valence-electron chi connectivity index (χ2n) is 7.04. The molecule has 2 heterocycles. The highest BCUT2D eigenvalue weighted by Crippen LogP contribution is 2.31. The van der Waals surface area contributed by atoms with Crippen LogP contribution in [0.3, 0.4) is 0 Å². The molecule has 0 saturated heterocycles. The summed E-state index contributed by atoms with van der Waals surface area (Å²) in [5.74, 6) is 1.05. The molecule has 0 fully saturated rings. The van der Waals surface area contributed by atoms with Crippen molar-refractivity contribution in [2.45, 2.75) is 19.8 Å². The molecule has 0 saturated carbocycles. The number of fused-ring (bicyclic) bond motifs is 1. The average Bonchev–Trinajstić information content (AvgIpc) is 3.13. The van der Waals surface area contributed by atoms with Crippen LogP contribution in [-0.4, -0.2) is 36.0 Å². The molecule has 27 heavy (non-hydrogen) atoms. The lowest BCUT2D eigenvalue weighted by molar-refractivity contribution is -0.130. The largest absolute Gasteiger partial charge is 0.497 e. The smallest absolute Gasteiger partial charge is 0.227 e. The van der Waals surface area contributed by atoms with Gasteiger partial charge in [0.2, 0.25) is 5.91 Å². The monoisotopic (exact) mass is 360 g/mol. The molecule has 4 rings (SSSR count). The van der Waals surface area contributed by atoms with Crippen molar-refractivity contribution in [2.24, 2.45) is 0 Å². The lowest BCUT2D eigenvalue weighted by Gasteiger charge is -2.27.